The fourth-order valence-corrected chi connectivity index (χ4v) is 3.94. The van der Waals surface area contributed by atoms with E-state index in [2.05, 4.69) is 54.4 Å². The number of hydrogen-bond donors (Lipinski definition) is 1. The van der Waals surface area contributed by atoms with Gasteiger partial charge in [0.05, 0.1) is 6.10 Å². The van der Waals surface area contributed by atoms with Gasteiger partial charge in [-0.2, -0.15) is 0 Å². The summed E-state index contributed by atoms with van der Waals surface area (Å²) in [6.07, 6.45) is -0.394. The van der Waals surface area contributed by atoms with E-state index in [4.69, 9.17) is 4.74 Å². The van der Waals surface area contributed by atoms with Crippen LogP contribution in [0.25, 0.3) is 0 Å². The average molecular weight is 457 g/mol. The zero-order chi connectivity index (χ0) is 14.6. The third kappa shape index (κ3) is 5.38. The number of rotatable bonds is 5. The molecule has 0 amide bonds. The summed E-state index contributed by atoms with van der Waals surface area (Å²) >= 11 is 10.3. The molecule has 0 spiro atoms. The van der Waals surface area contributed by atoms with E-state index in [9.17, 15) is 9.90 Å². The Morgan fingerprint density at radius 1 is 1.37 bits per heavy atom. The maximum atomic E-state index is 11.2. The van der Waals surface area contributed by atoms with E-state index in [0.29, 0.717) is 12.0 Å². The molecule has 0 bridgehead atoms. The van der Waals surface area contributed by atoms with Gasteiger partial charge in [-0.3, -0.25) is 0 Å². The number of hydrogen-bond acceptors (Lipinski definition) is 3. The SMILES string of the molecule is C=C(C)C(=O)OCC(O)Cc1c(Br)cc(Br)cc1Br. The first-order valence-corrected chi connectivity index (χ1v) is 7.83. The van der Waals surface area contributed by atoms with E-state index in [1.807, 2.05) is 12.1 Å². The third-order valence-corrected chi connectivity index (χ3v) is 4.17. The molecule has 0 aliphatic rings. The van der Waals surface area contributed by atoms with Crippen molar-refractivity contribution in [3.8, 4) is 0 Å². The summed E-state index contributed by atoms with van der Waals surface area (Å²) in [6.45, 7) is 4.99. The van der Waals surface area contributed by atoms with Crippen molar-refractivity contribution < 1.29 is 14.6 Å². The van der Waals surface area contributed by atoms with Gasteiger partial charge in [0.1, 0.15) is 6.61 Å². The van der Waals surface area contributed by atoms with Crippen LogP contribution in [0.15, 0.2) is 37.7 Å². The van der Waals surface area contributed by atoms with Crippen molar-refractivity contribution >= 4 is 53.8 Å². The second-order valence-corrected chi connectivity index (χ2v) is 6.71. The van der Waals surface area contributed by atoms with Gasteiger partial charge in [-0.1, -0.05) is 54.4 Å². The molecule has 3 nitrogen and oxygen atoms in total. The zero-order valence-corrected chi connectivity index (χ0v) is 15.0. The van der Waals surface area contributed by atoms with Gasteiger partial charge >= 0.3 is 5.97 Å². The standard InChI is InChI=1S/C13H13Br3O3/c1-7(2)13(18)19-6-9(17)5-10-11(15)3-8(14)4-12(10)16/h3-4,9,17H,1,5-6H2,2H3. The number of aliphatic hydroxyl groups is 1. The minimum absolute atomic E-state index is 0.0549. The Morgan fingerprint density at radius 2 is 1.89 bits per heavy atom. The highest BCUT2D eigenvalue weighted by molar-refractivity contribution is 9.11. The number of carbonyl (C=O) groups is 1. The van der Waals surface area contributed by atoms with E-state index in [1.165, 1.54) is 0 Å². The van der Waals surface area contributed by atoms with Crippen LogP contribution in [0.5, 0.6) is 0 Å². The summed E-state index contributed by atoms with van der Waals surface area (Å²) in [7, 11) is 0. The summed E-state index contributed by atoms with van der Waals surface area (Å²) in [5.74, 6) is -0.493. The van der Waals surface area contributed by atoms with Gasteiger partial charge in [-0.05, 0) is 24.6 Å². The van der Waals surface area contributed by atoms with Crippen molar-refractivity contribution in [3.05, 3.63) is 43.3 Å². The van der Waals surface area contributed by atoms with Gasteiger partial charge < -0.3 is 9.84 Å². The average Bonchev–Trinajstić information content (AvgIpc) is 2.30. The van der Waals surface area contributed by atoms with E-state index < -0.39 is 12.1 Å². The number of benzene rings is 1. The van der Waals surface area contributed by atoms with Gasteiger partial charge in [-0.25, -0.2) is 4.79 Å². The van der Waals surface area contributed by atoms with Crippen LogP contribution in [0.2, 0.25) is 0 Å². The lowest BCUT2D eigenvalue weighted by Gasteiger charge is -2.14. The predicted octanol–water partition coefficient (Wildman–Crippen LogP) is 4.00. The normalized spacial score (nSPS) is 12.1. The second-order valence-electron chi connectivity index (χ2n) is 4.08. The highest BCUT2D eigenvalue weighted by Crippen LogP contribution is 2.30. The summed E-state index contributed by atoms with van der Waals surface area (Å²) < 4.78 is 7.59. The highest BCUT2D eigenvalue weighted by Gasteiger charge is 2.14. The van der Waals surface area contributed by atoms with E-state index in [-0.39, 0.29) is 6.61 Å². The number of halogens is 3. The fraction of sp³-hybridized carbons (Fsp3) is 0.308. The molecule has 19 heavy (non-hydrogen) atoms. The number of carbonyl (C=O) groups excluding carboxylic acids is 1. The zero-order valence-electron chi connectivity index (χ0n) is 10.3. The van der Waals surface area contributed by atoms with Crippen LogP contribution < -0.4 is 0 Å². The summed E-state index contributed by atoms with van der Waals surface area (Å²) in [4.78, 5) is 11.2. The summed E-state index contributed by atoms with van der Waals surface area (Å²) in [5, 5.41) is 9.89. The molecular formula is C13H13Br3O3. The van der Waals surface area contributed by atoms with Crippen LogP contribution >= 0.6 is 47.8 Å². The lowest BCUT2D eigenvalue weighted by Crippen LogP contribution is -2.21. The lowest BCUT2D eigenvalue weighted by molar-refractivity contribution is -0.141. The van der Waals surface area contributed by atoms with E-state index in [1.54, 1.807) is 6.92 Å². The van der Waals surface area contributed by atoms with Crippen LogP contribution in [-0.4, -0.2) is 23.8 Å². The smallest absolute Gasteiger partial charge is 0.333 e. The van der Waals surface area contributed by atoms with Crippen molar-refractivity contribution in [2.24, 2.45) is 0 Å². The Balaban J connectivity index is 2.65. The van der Waals surface area contributed by atoms with Crippen molar-refractivity contribution in [2.45, 2.75) is 19.4 Å². The predicted molar refractivity (Wildman–Crippen MR) is 85.0 cm³/mol. The quantitative estimate of drug-likeness (QED) is 0.538. The van der Waals surface area contributed by atoms with E-state index >= 15 is 0 Å². The molecule has 0 saturated heterocycles. The van der Waals surface area contributed by atoms with Gasteiger partial charge in [0.2, 0.25) is 0 Å². The maximum absolute atomic E-state index is 11.2. The van der Waals surface area contributed by atoms with Gasteiger partial charge in [0.25, 0.3) is 0 Å². The van der Waals surface area contributed by atoms with E-state index in [0.717, 1.165) is 19.0 Å². The first kappa shape index (κ1) is 16.9. The minimum Gasteiger partial charge on any atom is -0.460 e. The first-order valence-electron chi connectivity index (χ1n) is 5.45. The molecule has 1 N–H and O–H groups in total. The molecule has 0 saturated carbocycles. The number of aliphatic hydroxyl groups excluding tert-OH is 1. The molecule has 0 fully saturated rings. The Morgan fingerprint density at radius 3 is 2.37 bits per heavy atom. The topological polar surface area (TPSA) is 46.5 Å². The first-order chi connectivity index (χ1) is 8.81. The highest BCUT2D eigenvalue weighted by atomic mass is 79.9. The molecule has 1 atom stereocenters. The van der Waals surface area contributed by atoms with Gasteiger partial charge in [-0.15, -0.1) is 0 Å². The molecule has 0 aliphatic heterocycles. The number of ether oxygens (including phenoxy) is 1. The maximum Gasteiger partial charge on any atom is 0.333 e. The fourth-order valence-electron chi connectivity index (χ4n) is 1.36. The van der Waals surface area contributed by atoms with Crippen LogP contribution in [0, 0.1) is 0 Å². The molecule has 0 aromatic heterocycles. The largest absolute Gasteiger partial charge is 0.460 e. The molecule has 104 valence electrons. The Bertz CT molecular complexity index is 477. The molecule has 1 rings (SSSR count). The molecule has 0 heterocycles. The monoisotopic (exact) mass is 454 g/mol. The van der Waals surface area contributed by atoms with Crippen LogP contribution in [0.3, 0.4) is 0 Å². The van der Waals surface area contributed by atoms with Crippen LogP contribution in [0.4, 0.5) is 0 Å². The summed E-state index contributed by atoms with van der Waals surface area (Å²) in [6, 6.07) is 3.79. The summed E-state index contributed by atoms with van der Waals surface area (Å²) in [5.41, 5.74) is 1.24. The minimum atomic E-state index is -0.767. The lowest BCUT2D eigenvalue weighted by atomic mass is 10.1. The Kier molecular flexibility index (Phi) is 6.73. The molecule has 1 aromatic carbocycles. The van der Waals surface area contributed by atoms with Crippen molar-refractivity contribution in [3.63, 3.8) is 0 Å². The Labute approximate surface area is 137 Å². The second kappa shape index (κ2) is 7.57. The molecule has 0 aliphatic carbocycles. The Hall–Kier alpha value is -0.170. The van der Waals surface area contributed by atoms with Crippen LogP contribution in [0.1, 0.15) is 12.5 Å². The molecule has 0 radical (unpaired) electrons. The molecule has 1 unspecified atom stereocenters. The van der Waals surface area contributed by atoms with Crippen molar-refractivity contribution in [1.29, 1.82) is 0 Å². The molecule has 1 aromatic rings. The molecular weight excluding hydrogens is 444 g/mol. The van der Waals surface area contributed by atoms with Gasteiger partial charge in [0, 0.05) is 25.4 Å². The van der Waals surface area contributed by atoms with Crippen molar-refractivity contribution in [1.82, 2.24) is 0 Å². The number of esters is 1. The van der Waals surface area contributed by atoms with Crippen molar-refractivity contribution in [2.75, 3.05) is 6.61 Å². The van der Waals surface area contributed by atoms with Gasteiger partial charge in [0.15, 0.2) is 0 Å². The van der Waals surface area contributed by atoms with Crippen LogP contribution in [-0.2, 0) is 16.0 Å². The third-order valence-electron chi connectivity index (χ3n) is 2.30. The molecule has 6 heteroatoms.